The van der Waals surface area contributed by atoms with Gasteiger partial charge in [-0.2, -0.15) is 23.7 Å². The van der Waals surface area contributed by atoms with Gasteiger partial charge in [-0.05, 0) is 12.7 Å². The predicted octanol–water partition coefficient (Wildman–Crippen LogP) is 1.94. The molecule has 0 spiro atoms. The summed E-state index contributed by atoms with van der Waals surface area (Å²) >= 11 is 0. The molecule has 0 aliphatic heterocycles. The van der Waals surface area contributed by atoms with Crippen molar-refractivity contribution < 1.29 is 21.1 Å². The van der Waals surface area contributed by atoms with Crippen molar-refractivity contribution in [3.05, 3.63) is 55.3 Å². The number of benzene rings is 1. The van der Waals surface area contributed by atoms with Gasteiger partial charge in [-0.15, -0.1) is 11.2 Å². The Labute approximate surface area is 104 Å². The van der Waals surface area contributed by atoms with Gasteiger partial charge in [0.2, 0.25) is 0 Å². The Morgan fingerprint density at radius 3 is 2.33 bits per heavy atom. The van der Waals surface area contributed by atoms with Crippen molar-refractivity contribution in [2.75, 3.05) is 0 Å². The van der Waals surface area contributed by atoms with Crippen LogP contribution in [0.3, 0.4) is 0 Å². The molecule has 4 heteroatoms. The molecule has 2 aromatic rings. The van der Waals surface area contributed by atoms with E-state index in [-0.39, 0.29) is 21.1 Å². The quantitative estimate of drug-likeness (QED) is 0.720. The molecule has 15 heavy (non-hydrogen) atoms. The van der Waals surface area contributed by atoms with Crippen LogP contribution < -0.4 is 0 Å². The van der Waals surface area contributed by atoms with Crippen molar-refractivity contribution in [2.45, 2.75) is 6.92 Å². The zero-order chi connectivity index (χ0) is 10.1. The summed E-state index contributed by atoms with van der Waals surface area (Å²) in [6.07, 6.45) is 0. The Morgan fingerprint density at radius 1 is 1.13 bits per heavy atom. The molecule has 0 fully saturated rings. The normalized spacial score (nSPS) is 9.67. The first kappa shape index (κ1) is 11.9. The smallest absolute Gasteiger partial charge is 0.364 e. The molecule has 0 saturated carbocycles. The topological polar surface area (TPSA) is 30.7 Å². The van der Waals surface area contributed by atoms with Gasteiger partial charge in [-0.1, -0.05) is 17.8 Å². The second-order valence-electron chi connectivity index (χ2n) is 3.13. The summed E-state index contributed by atoms with van der Waals surface area (Å²) in [4.78, 5) is 0. The van der Waals surface area contributed by atoms with E-state index in [9.17, 15) is 0 Å². The van der Waals surface area contributed by atoms with E-state index >= 15 is 0 Å². The van der Waals surface area contributed by atoms with Crippen molar-refractivity contribution in [3.63, 3.8) is 0 Å². The van der Waals surface area contributed by atoms with Gasteiger partial charge >= 0.3 is 21.1 Å². The molecule has 0 unspecified atom stereocenters. The zero-order valence-corrected chi connectivity index (χ0v) is 11.4. The van der Waals surface area contributed by atoms with Crippen LogP contribution in [0.15, 0.2) is 24.3 Å². The van der Waals surface area contributed by atoms with E-state index in [1.54, 1.807) is 0 Å². The van der Waals surface area contributed by atoms with Gasteiger partial charge in [-0.25, -0.2) is 0 Å². The van der Waals surface area contributed by atoms with Crippen molar-refractivity contribution in [2.24, 2.45) is 0 Å². The summed E-state index contributed by atoms with van der Waals surface area (Å²) in [6.45, 7) is 9.67. The van der Waals surface area contributed by atoms with E-state index in [1.807, 2.05) is 35.8 Å². The summed E-state index contributed by atoms with van der Waals surface area (Å²) in [5, 5.41) is 7.86. The fourth-order valence-corrected chi connectivity index (χ4v) is 1.45. The fourth-order valence-electron chi connectivity index (χ4n) is 1.45. The molecular weight excluding hydrogens is 358 g/mol. The summed E-state index contributed by atoms with van der Waals surface area (Å²) in [5.74, 6) is 1.46. The zero-order valence-electron chi connectivity index (χ0n) is 8.47. The summed E-state index contributed by atoms with van der Waals surface area (Å²) in [6, 6.07) is 7.85. The Bertz CT molecular complexity index is 443. The fraction of sp³-hybridized carbons (Fsp3) is 0.0909. The monoisotopic (exact) mass is 369 g/mol. The van der Waals surface area contributed by atoms with Gasteiger partial charge in [0.05, 0.1) is 0 Å². The molecule has 3 nitrogen and oxygen atoms in total. The Kier molecular flexibility index (Phi) is 3.59. The summed E-state index contributed by atoms with van der Waals surface area (Å²) in [7, 11) is 0. The number of aromatic nitrogens is 3. The van der Waals surface area contributed by atoms with Gasteiger partial charge in [0.15, 0.2) is 0 Å². The minimum atomic E-state index is 0. The third kappa shape index (κ3) is 2.07. The summed E-state index contributed by atoms with van der Waals surface area (Å²) < 4.78 is 1.89. The third-order valence-electron chi connectivity index (χ3n) is 2.12. The van der Waals surface area contributed by atoms with Crippen LogP contribution in [0.2, 0.25) is 0 Å². The standard InChI is InChI=1S/C11H11N3.W/c1-8-6-4-5-7-11(8)14-9(2)12-13-10(14)3;/h4-7H,1-2H2,3H3;/q-2;+2. The SMILES string of the molecule is [CH2-]c1ccccc1-n1c([CH2-])nnc1C.[W+2]. The number of nitrogens with zero attached hydrogens (tertiary/aromatic N) is 3. The first-order valence-electron chi connectivity index (χ1n) is 4.35. The van der Waals surface area contributed by atoms with Crippen LogP contribution in [0.25, 0.3) is 5.69 Å². The molecule has 76 valence electrons. The molecule has 0 aliphatic carbocycles. The largest absolute Gasteiger partial charge is 2.00 e. The average Bonchev–Trinajstić information content (AvgIpc) is 2.48. The Balaban J connectivity index is 0.00000112. The maximum absolute atomic E-state index is 3.96. The molecule has 1 aromatic heterocycles. The minimum absolute atomic E-state index is 0. The van der Waals surface area contributed by atoms with Gasteiger partial charge in [-0.3, -0.25) is 0 Å². The molecule has 0 saturated heterocycles. The van der Waals surface area contributed by atoms with Gasteiger partial charge in [0, 0.05) is 0 Å². The van der Waals surface area contributed by atoms with E-state index in [1.165, 1.54) is 0 Å². The van der Waals surface area contributed by atoms with E-state index < -0.39 is 0 Å². The van der Waals surface area contributed by atoms with Crippen LogP contribution in [0.1, 0.15) is 17.2 Å². The third-order valence-corrected chi connectivity index (χ3v) is 2.12. The molecule has 0 radical (unpaired) electrons. The first-order chi connectivity index (χ1) is 6.70. The number of rotatable bonds is 1. The summed E-state index contributed by atoms with van der Waals surface area (Å²) in [5.41, 5.74) is 1.93. The number of aryl methyl sites for hydroxylation is 1. The van der Waals surface area contributed by atoms with Crippen molar-refractivity contribution in [1.82, 2.24) is 14.8 Å². The van der Waals surface area contributed by atoms with Crippen LogP contribution in [-0.2, 0) is 21.1 Å². The van der Waals surface area contributed by atoms with Gasteiger partial charge in [0.1, 0.15) is 5.82 Å². The maximum atomic E-state index is 3.96. The van der Waals surface area contributed by atoms with E-state index in [2.05, 4.69) is 24.0 Å². The number of hydrogen-bond acceptors (Lipinski definition) is 2. The second-order valence-corrected chi connectivity index (χ2v) is 3.13. The second kappa shape index (κ2) is 4.54. The number of hydrogen-bond donors (Lipinski definition) is 0. The Hall–Kier alpha value is -1.21. The molecule has 2 rings (SSSR count). The average molecular weight is 369 g/mol. The van der Waals surface area contributed by atoms with Crippen molar-refractivity contribution in [1.29, 1.82) is 0 Å². The molecule has 0 amide bonds. The molecular formula is C11H11N3W. The molecule has 0 bridgehead atoms. The van der Waals surface area contributed by atoms with Crippen molar-refractivity contribution in [3.8, 4) is 5.69 Å². The van der Waals surface area contributed by atoms with Crippen LogP contribution in [0.5, 0.6) is 0 Å². The van der Waals surface area contributed by atoms with Gasteiger partial charge in [0.25, 0.3) is 0 Å². The van der Waals surface area contributed by atoms with Crippen LogP contribution in [0, 0.1) is 20.8 Å². The molecule has 1 aromatic carbocycles. The van der Waals surface area contributed by atoms with Crippen LogP contribution >= 0.6 is 0 Å². The molecule has 0 aliphatic rings. The van der Waals surface area contributed by atoms with Crippen LogP contribution in [-0.4, -0.2) is 14.8 Å². The van der Waals surface area contributed by atoms with E-state index in [4.69, 9.17) is 0 Å². The minimum Gasteiger partial charge on any atom is -0.364 e. The van der Waals surface area contributed by atoms with Gasteiger partial charge < -0.3 is 11.5 Å². The van der Waals surface area contributed by atoms with Crippen molar-refractivity contribution >= 4 is 0 Å². The molecule has 1 heterocycles. The Morgan fingerprint density at radius 2 is 1.80 bits per heavy atom. The predicted molar refractivity (Wildman–Crippen MR) is 55.0 cm³/mol. The molecule has 0 N–H and O–H groups in total. The first-order valence-corrected chi connectivity index (χ1v) is 4.35. The maximum Gasteiger partial charge on any atom is 2.00 e. The number of para-hydroxylation sites is 1. The molecule has 0 atom stereocenters. The van der Waals surface area contributed by atoms with E-state index in [0.29, 0.717) is 5.82 Å². The van der Waals surface area contributed by atoms with Crippen LogP contribution in [0.4, 0.5) is 0 Å². The van der Waals surface area contributed by atoms with E-state index in [0.717, 1.165) is 17.1 Å².